The van der Waals surface area contributed by atoms with Crippen molar-refractivity contribution in [3.8, 4) is 11.5 Å². The fourth-order valence-corrected chi connectivity index (χ4v) is 3.30. The highest BCUT2D eigenvalue weighted by Crippen LogP contribution is 2.31. The summed E-state index contributed by atoms with van der Waals surface area (Å²) >= 11 is 1.93. The summed E-state index contributed by atoms with van der Waals surface area (Å²) in [5.41, 5.74) is 4.13. The second-order valence-corrected chi connectivity index (χ2v) is 7.76. The minimum atomic E-state index is -0.805. The molecule has 11 heteroatoms. The average molecular weight is 563 g/mol. The number of hydrogen-bond donors (Lipinski definition) is 2. The maximum Gasteiger partial charge on any atom is 0.331 e. The highest BCUT2D eigenvalue weighted by Gasteiger charge is 2.18. The lowest BCUT2D eigenvalue weighted by Gasteiger charge is -2.12. The van der Waals surface area contributed by atoms with E-state index < -0.39 is 23.0 Å². The lowest BCUT2D eigenvalue weighted by atomic mass is 10.2. The second kappa shape index (κ2) is 10.3. The topological polar surface area (TPSA) is 121 Å². The van der Waals surface area contributed by atoms with Gasteiger partial charge in [-0.15, -0.1) is 13.2 Å². The molecule has 0 aliphatic heterocycles. The second-order valence-electron chi connectivity index (χ2n) is 6.68. The van der Waals surface area contributed by atoms with E-state index in [1.165, 1.54) is 35.0 Å². The van der Waals surface area contributed by atoms with Crippen LogP contribution in [0.3, 0.4) is 0 Å². The number of nitrogens with one attached hydrogen (secondary N) is 1. The molecule has 0 aliphatic carbocycles. The van der Waals surface area contributed by atoms with Crippen LogP contribution in [0.2, 0.25) is 0 Å². The van der Waals surface area contributed by atoms with Gasteiger partial charge in [0, 0.05) is 43.3 Å². The number of pyridine rings is 1. The molecule has 0 bridgehead atoms. The number of benzene rings is 1. The van der Waals surface area contributed by atoms with Crippen molar-refractivity contribution in [2.75, 3.05) is 11.1 Å². The Bertz CT molecular complexity index is 1370. The summed E-state index contributed by atoms with van der Waals surface area (Å²) in [7, 11) is 0. The summed E-state index contributed by atoms with van der Waals surface area (Å²) in [6, 6.07) is 5.33. The van der Waals surface area contributed by atoms with Crippen molar-refractivity contribution in [3.63, 3.8) is 0 Å². The number of anilines is 2. The van der Waals surface area contributed by atoms with Crippen molar-refractivity contribution >= 4 is 40.0 Å². The van der Waals surface area contributed by atoms with Crippen molar-refractivity contribution < 1.29 is 13.9 Å². The van der Waals surface area contributed by atoms with Crippen LogP contribution in [-0.2, 0) is 13.1 Å². The van der Waals surface area contributed by atoms with Crippen LogP contribution in [0.4, 0.5) is 15.9 Å². The fourth-order valence-electron chi connectivity index (χ4n) is 2.87. The van der Waals surface area contributed by atoms with Gasteiger partial charge < -0.3 is 15.8 Å². The Morgan fingerprint density at radius 2 is 1.94 bits per heavy atom. The van der Waals surface area contributed by atoms with Crippen LogP contribution in [-0.4, -0.2) is 20.0 Å². The van der Waals surface area contributed by atoms with Gasteiger partial charge in [-0.2, -0.15) is 0 Å². The molecule has 3 aromatic rings. The van der Waals surface area contributed by atoms with Crippen molar-refractivity contribution in [2.45, 2.75) is 13.1 Å². The number of nitrogens with zero attached hydrogens (tertiary/aromatic N) is 3. The Labute approximate surface area is 201 Å². The van der Waals surface area contributed by atoms with Crippen LogP contribution in [0, 0.1) is 9.39 Å². The highest BCUT2D eigenvalue weighted by molar-refractivity contribution is 14.1. The molecule has 2 heterocycles. The quantitative estimate of drug-likeness (QED) is 0.321. The van der Waals surface area contributed by atoms with Crippen LogP contribution in [0.5, 0.6) is 11.5 Å². The zero-order chi connectivity index (χ0) is 24.1. The smallest absolute Gasteiger partial charge is 0.331 e. The molecule has 0 saturated carbocycles. The zero-order valence-electron chi connectivity index (χ0n) is 17.3. The van der Waals surface area contributed by atoms with Gasteiger partial charge in [0.15, 0.2) is 11.6 Å². The van der Waals surface area contributed by atoms with Gasteiger partial charge in [0.05, 0.1) is 3.57 Å². The molecule has 0 radical (unpaired) electrons. The first-order valence-electron chi connectivity index (χ1n) is 9.51. The number of hydrogen-bond acceptors (Lipinski definition) is 6. The maximum atomic E-state index is 14.6. The normalized spacial score (nSPS) is 10.5. The predicted octanol–water partition coefficient (Wildman–Crippen LogP) is 3.15. The van der Waals surface area contributed by atoms with E-state index in [9.17, 15) is 18.8 Å². The molecule has 2 aromatic heterocycles. The van der Waals surface area contributed by atoms with Gasteiger partial charge in [-0.3, -0.25) is 18.7 Å². The molecule has 0 saturated heterocycles. The first kappa shape index (κ1) is 23.9. The minimum Gasteiger partial charge on any atom is -0.453 e. The van der Waals surface area contributed by atoms with Crippen LogP contribution in [0.15, 0.2) is 71.6 Å². The Hall–Kier alpha value is -3.74. The first-order chi connectivity index (χ1) is 15.8. The van der Waals surface area contributed by atoms with E-state index in [2.05, 4.69) is 23.5 Å². The van der Waals surface area contributed by atoms with Crippen molar-refractivity contribution in [2.24, 2.45) is 0 Å². The number of carbonyl (C=O) groups is 1. The molecule has 9 nitrogen and oxygen atoms in total. The average Bonchev–Trinajstić information content (AvgIpc) is 2.78. The van der Waals surface area contributed by atoms with E-state index in [1.54, 1.807) is 6.07 Å². The number of rotatable bonds is 8. The van der Waals surface area contributed by atoms with Gasteiger partial charge in [0.2, 0.25) is 0 Å². The van der Waals surface area contributed by atoms with E-state index in [0.29, 0.717) is 9.32 Å². The number of carbonyl (C=O) groups excluding carboxylic acids is 1. The molecule has 3 rings (SSSR count). The molecule has 0 aliphatic rings. The molecule has 0 atom stereocenters. The van der Waals surface area contributed by atoms with Gasteiger partial charge in [-0.05, 0) is 34.7 Å². The van der Waals surface area contributed by atoms with Gasteiger partial charge >= 0.3 is 5.69 Å². The van der Waals surface area contributed by atoms with Gasteiger partial charge in [-0.1, -0.05) is 12.2 Å². The molecule has 3 N–H and O–H groups in total. The summed E-state index contributed by atoms with van der Waals surface area (Å²) in [4.78, 5) is 41.7. The third-order valence-electron chi connectivity index (χ3n) is 4.41. The Balaban J connectivity index is 1.89. The molecular weight excluding hydrogens is 544 g/mol. The van der Waals surface area contributed by atoms with E-state index >= 15 is 0 Å². The molecule has 0 fully saturated rings. The summed E-state index contributed by atoms with van der Waals surface area (Å²) in [6.07, 6.45) is 5.40. The van der Waals surface area contributed by atoms with Gasteiger partial charge in [-0.25, -0.2) is 14.2 Å². The molecular formula is C22H19FIN5O4. The van der Waals surface area contributed by atoms with Gasteiger partial charge in [0.1, 0.15) is 17.1 Å². The summed E-state index contributed by atoms with van der Waals surface area (Å²) in [6.45, 7) is 7.10. The Morgan fingerprint density at radius 3 is 2.61 bits per heavy atom. The molecule has 170 valence electrons. The number of halogens is 2. The lowest BCUT2D eigenvalue weighted by Crippen LogP contribution is -2.42. The highest BCUT2D eigenvalue weighted by atomic mass is 127. The SMILES string of the molecule is C=CCn1cc(C(=O)Nc2ccc(Oc3ccnc(N)c3I)c(F)c2)c(=O)n(CC=C)c1=O. The maximum absolute atomic E-state index is 14.6. The zero-order valence-corrected chi connectivity index (χ0v) is 19.4. The minimum absolute atomic E-state index is 0.0745. The summed E-state index contributed by atoms with van der Waals surface area (Å²) in [5.74, 6) is -1.08. The van der Waals surface area contributed by atoms with Crippen LogP contribution in [0.1, 0.15) is 10.4 Å². The van der Waals surface area contributed by atoms with Crippen LogP contribution >= 0.6 is 22.6 Å². The number of allylic oxidation sites excluding steroid dienone is 2. The third kappa shape index (κ3) is 5.19. The number of nitrogens with two attached hydrogens (primary N) is 1. The molecule has 0 unspecified atom stereocenters. The Kier molecular flexibility index (Phi) is 7.43. The summed E-state index contributed by atoms with van der Waals surface area (Å²) < 4.78 is 22.8. The molecule has 33 heavy (non-hydrogen) atoms. The van der Waals surface area contributed by atoms with Crippen LogP contribution in [0.25, 0.3) is 0 Å². The van der Waals surface area contributed by atoms with Crippen molar-refractivity contribution in [1.82, 2.24) is 14.1 Å². The number of ether oxygens (including phenoxy) is 1. The Morgan fingerprint density at radius 1 is 1.21 bits per heavy atom. The predicted molar refractivity (Wildman–Crippen MR) is 131 cm³/mol. The number of amides is 1. The van der Waals surface area contributed by atoms with E-state index in [-0.39, 0.29) is 35.9 Å². The van der Waals surface area contributed by atoms with E-state index in [4.69, 9.17) is 10.5 Å². The fraction of sp³-hybridized carbons (Fsp3) is 0.0909. The number of nitrogen functional groups attached to an aromatic ring is 1. The van der Waals surface area contributed by atoms with Crippen molar-refractivity contribution in [1.29, 1.82) is 0 Å². The van der Waals surface area contributed by atoms with Crippen molar-refractivity contribution in [3.05, 3.63) is 97.8 Å². The van der Waals surface area contributed by atoms with Crippen LogP contribution < -0.4 is 27.0 Å². The number of aromatic nitrogens is 3. The van der Waals surface area contributed by atoms with E-state index in [1.807, 2.05) is 22.6 Å². The van der Waals surface area contributed by atoms with E-state index in [0.717, 1.165) is 16.8 Å². The first-order valence-corrected chi connectivity index (χ1v) is 10.6. The lowest BCUT2D eigenvalue weighted by molar-refractivity contribution is 0.102. The monoisotopic (exact) mass is 563 g/mol. The molecule has 1 amide bonds. The van der Waals surface area contributed by atoms with Gasteiger partial charge in [0.25, 0.3) is 11.5 Å². The largest absolute Gasteiger partial charge is 0.453 e. The molecule has 0 spiro atoms. The standard InChI is InChI=1S/C22H19FIN5O4/c1-3-9-28-12-14(21(31)29(10-4-2)22(28)32)20(30)27-13-5-6-16(15(23)11-13)33-17-7-8-26-19(25)18(17)24/h3-8,11-12H,1-2,9-10H2,(H2,25,26)(H,27,30). The molecule has 1 aromatic carbocycles. The summed E-state index contributed by atoms with van der Waals surface area (Å²) in [5, 5.41) is 2.46. The third-order valence-corrected chi connectivity index (χ3v) is 5.49.